The summed E-state index contributed by atoms with van der Waals surface area (Å²) < 4.78 is 27.0. The Morgan fingerprint density at radius 2 is 1.83 bits per heavy atom. The van der Waals surface area contributed by atoms with E-state index >= 15 is 0 Å². The number of anilines is 3. The average Bonchev–Trinajstić information content (AvgIpc) is 2.31. The molecule has 0 heterocycles. The summed E-state index contributed by atoms with van der Waals surface area (Å²) in [5, 5.41) is 2.77. The molecule has 2 aromatic rings. The Balaban J connectivity index is 2.34. The fourth-order valence-electron chi connectivity index (χ4n) is 1.40. The third-order valence-corrected chi connectivity index (χ3v) is 3.22. The molecule has 2 aromatic carbocycles. The zero-order chi connectivity index (χ0) is 13.3. The second-order valence-corrected chi connectivity index (χ2v) is 4.87. The molecular formula is C12H8BrClF2N2. The Hall–Kier alpha value is -1.33. The number of benzene rings is 2. The standard InChI is InChI=1S/C12H8BrClF2N2/c13-7-2-1-6(3-9(7)15)18-12-5-10(16)8(14)4-11(12)17/h1-5,18H,17H2. The van der Waals surface area contributed by atoms with Gasteiger partial charge in [-0.2, -0.15) is 0 Å². The van der Waals surface area contributed by atoms with Crippen LogP contribution in [0.5, 0.6) is 0 Å². The van der Waals surface area contributed by atoms with Gasteiger partial charge in [0.1, 0.15) is 11.6 Å². The first-order valence-corrected chi connectivity index (χ1v) is 6.11. The minimum Gasteiger partial charge on any atom is -0.397 e. The summed E-state index contributed by atoms with van der Waals surface area (Å²) in [6.45, 7) is 0. The third-order valence-electron chi connectivity index (χ3n) is 2.29. The number of hydrogen-bond acceptors (Lipinski definition) is 2. The minimum atomic E-state index is -0.592. The van der Waals surface area contributed by atoms with Crippen LogP contribution in [0.25, 0.3) is 0 Å². The van der Waals surface area contributed by atoms with Crippen molar-refractivity contribution in [1.29, 1.82) is 0 Å². The molecule has 0 aliphatic heterocycles. The molecule has 0 saturated heterocycles. The predicted octanol–water partition coefficient (Wildman–Crippen LogP) is 4.71. The summed E-state index contributed by atoms with van der Waals surface area (Å²) in [5.74, 6) is -1.01. The lowest BCUT2D eigenvalue weighted by molar-refractivity contribution is 0.622. The van der Waals surface area contributed by atoms with E-state index in [1.54, 1.807) is 12.1 Å². The van der Waals surface area contributed by atoms with Crippen molar-refractivity contribution in [3.05, 3.63) is 51.5 Å². The van der Waals surface area contributed by atoms with Crippen molar-refractivity contribution in [1.82, 2.24) is 0 Å². The highest BCUT2D eigenvalue weighted by Crippen LogP contribution is 2.29. The van der Waals surface area contributed by atoms with E-state index in [0.717, 1.165) is 6.07 Å². The molecular weight excluding hydrogens is 325 g/mol. The summed E-state index contributed by atoms with van der Waals surface area (Å²) in [5.41, 5.74) is 6.77. The molecule has 0 bridgehead atoms. The molecule has 0 amide bonds. The van der Waals surface area contributed by atoms with E-state index in [4.69, 9.17) is 17.3 Å². The van der Waals surface area contributed by atoms with Gasteiger partial charge in [-0.3, -0.25) is 0 Å². The highest BCUT2D eigenvalue weighted by molar-refractivity contribution is 9.10. The molecule has 0 atom stereocenters. The quantitative estimate of drug-likeness (QED) is 0.781. The molecule has 0 radical (unpaired) electrons. The van der Waals surface area contributed by atoms with Gasteiger partial charge in [0.25, 0.3) is 0 Å². The van der Waals surface area contributed by atoms with Crippen LogP contribution < -0.4 is 11.1 Å². The van der Waals surface area contributed by atoms with Crippen LogP contribution in [0, 0.1) is 11.6 Å². The van der Waals surface area contributed by atoms with Gasteiger partial charge in [0.05, 0.1) is 20.9 Å². The van der Waals surface area contributed by atoms with Gasteiger partial charge >= 0.3 is 0 Å². The van der Waals surface area contributed by atoms with E-state index in [-0.39, 0.29) is 10.7 Å². The van der Waals surface area contributed by atoms with Crippen molar-refractivity contribution in [3.63, 3.8) is 0 Å². The highest BCUT2D eigenvalue weighted by Gasteiger charge is 2.07. The number of nitrogens with two attached hydrogens (primary N) is 1. The van der Waals surface area contributed by atoms with Crippen LogP contribution >= 0.6 is 27.5 Å². The van der Waals surface area contributed by atoms with E-state index in [2.05, 4.69) is 21.2 Å². The molecule has 0 spiro atoms. The normalized spacial score (nSPS) is 10.4. The molecule has 18 heavy (non-hydrogen) atoms. The maximum absolute atomic E-state index is 13.3. The van der Waals surface area contributed by atoms with Gasteiger partial charge in [0.15, 0.2) is 0 Å². The lowest BCUT2D eigenvalue weighted by atomic mass is 10.2. The van der Waals surface area contributed by atoms with Crippen LogP contribution in [0.4, 0.5) is 25.8 Å². The Labute approximate surface area is 116 Å². The Bertz CT molecular complexity index is 605. The van der Waals surface area contributed by atoms with Gasteiger partial charge < -0.3 is 11.1 Å². The zero-order valence-corrected chi connectivity index (χ0v) is 11.3. The van der Waals surface area contributed by atoms with Crippen LogP contribution in [-0.2, 0) is 0 Å². The molecule has 0 aliphatic carbocycles. The smallest absolute Gasteiger partial charge is 0.144 e. The molecule has 94 valence electrons. The number of halogens is 4. The van der Waals surface area contributed by atoms with E-state index < -0.39 is 11.6 Å². The second-order valence-electron chi connectivity index (χ2n) is 3.61. The third kappa shape index (κ3) is 2.73. The van der Waals surface area contributed by atoms with Crippen LogP contribution in [-0.4, -0.2) is 0 Å². The first-order valence-electron chi connectivity index (χ1n) is 4.94. The largest absolute Gasteiger partial charge is 0.397 e. The van der Waals surface area contributed by atoms with Gasteiger partial charge in [-0.05, 0) is 40.2 Å². The first kappa shape index (κ1) is 13.1. The van der Waals surface area contributed by atoms with E-state index in [0.29, 0.717) is 15.8 Å². The van der Waals surface area contributed by atoms with Crippen molar-refractivity contribution in [3.8, 4) is 0 Å². The van der Waals surface area contributed by atoms with Crippen molar-refractivity contribution in [2.75, 3.05) is 11.1 Å². The topological polar surface area (TPSA) is 38.0 Å². The number of nitrogen functional groups attached to an aromatic ring is 1. The Morgan fingerprint density at radius 3 is 2.50 bits per heavy atom. The van der Waals surface area contributed by atoms with Gasteiger partial charge in [-0.25, -0.2) is 8.78 Å². The summed E-state index contributed by atoms with van der Waals surface area (Å²) in [6.07, 6.45) is 0. The zero-order valence-electron chi connectivity index (χ0n) is 8.98. The monoisotopic (exact) mass is 332 g/mol. The van der Waals surface area contributed by atoms with E-state index in [1.165, 1.54) is 12.1 Å². The maximum Gasteiger partial charge on any atom is 0.144 e. The minimum absolute atomic E-state index is 0.0555. The summed E-state index contributed by atoms with van der Waals surface area (Å²) in [4.78, 5) is 0. The van der Waals surface area contributed by atoms with Gasteiger partial charge in [0, 0.05) is 11.8 Å². The molecule has 2 rings (SSSR count). The van der Waals surface area contributed by atoms with Gasteiger partial charge in [-0.1, -0.05) is 11.6 Å². The molecule has 0 saturated carbocycles. The molecule has 0 unspecified atom stereocenters. The van der Waals surface area contributed by atoms with Crippen LogP contribution in [0.3, 0.4) is 0 Å². The lowest BCUT2D eigenvalue weighted by Crippen LogP contribution is -1.98. The molecule has 0 fully saturated rings. The number of rotatable bonds is 2. The molecule has 2 nitrogen and oxygen atoms in total. The summed E-state index contributed by atoms with van der Waals surface area (Å²) in [6, 6.07) is 6.92. The fraction of sp³-hybridized carbons (Fsp3) is 0. The Kier molecular flexibility index (Phi) is 3.73. The van der Waals surface area contributed by atoms with Crippen molar-refractivity contribution < 1.29 is 8.78 Å². The van der Waals surface area contributed by atoms with Crippen molar-refractivity contribution in [2.45, 2.75) is 0 Å². The van der Waals surface area contributed by atoms with Crippen LogP contribution in [0.1, 0.15) is 0 Å². The van der Waals surface area contributed by atoms with Gasteiger partial charge in [-0.15, -0.1) is 0 Å². The van der Waals surface area contributed by atoms with E-state index in [9.17, 15) is 8.78 Å². The fourth-order valence-corrected chi connectivity index (χ4v) is 1.82. The Morgan fingerprint density at radius 1 is 1.11 bits per heavy atom. The van der Waals surface area contributed by atoms with Crippen molar-refractivity contribution >= 4 is 44.6 Å². The predicted molar refractivity (Wildman–Crippen MR) is 73.2 cm³/mol. The van der Waals surface area contributed by atoms with Gasteiger partial charge in [0.2, 0.25) is 0 Å². The number of hydrogen-bond donors (Lipinski definition) is 2. The number of nitrogens with one attached hydrogen (secondary N) is 1. The van der Waals surface area contributed by atoms with Crippen LogP contribution in [0.2, 0.25) is 5.02 Å². The molecule has 0 aromatic heterocycles. The molecule has 3 N–H and O–H groups in total. The van der Waals surface area contributed by atoms with E-state index in [1.807, 2.05) is 0 Å². The summed E-state index contributed by atoms with van der Waals surface area (Å²) >= 11 is 8.63. The summed E-state index contributed by atoms with van der Waals surface area (Å²) in [7, 11) is 0. The average molecular weight is 334 g/mol. The first-order chi connectivity index (χ1) is 8.47. The lowest BCUT2D eigenvalue weighted by Gasteiger charge is -2.10. The highest BCUT2D eigenvalue weighted by atomic mass is 79.9. The second kappa shape index (κ2) is 5.12. The molecule has 0 aliphatic rings. The maximum atomic E-state index is 13.3. The van der Waals surface area contributed by atoms with Crippen LogP contribution in [0.15, 0.2) is 34.8 Å². The SMILES string of the molecule is Nc1cc(Cl)c(F)cc1Nc1ccc(Br)c(F)c1. The van der Waals surface area contributed by atoms with Crippen molar-refractivity contribution in [2.24, 2.45) is 0 Å². The molecule has 6 heteroatoms.